The van der Waals surface area contributed by atoms with Gasteiger partial charge in [-0.05, 0) is 49.3 Å². The van der Waals surface area contributed by atoms with E-state index in [9.17, 15) is 4.79 Å². The molecule has 4 rings (SSSR count). The van der Waals surface area contributed by atoms with Crippen molar-refractivity contribution >= 4 is 5.91 Å². The number of hydrogen-bond acceptors (Lipinski definition) is 4. The molecule has 0 spiro atoms. The molecule has 0 aliphatic carbocycles. The summed E-state index contributed by atoms with van der Waals surface area (Å²) in [6.45, 7) is 8.38. The van der Waals surface area contributed by atoms with E-state index in [0.29, 0.717) is 11.6 Å². The zero-order chi connectivity index (χ0) is 20.2. The van der Waals surface area contributed by atoms with E-state index < -0.39 is 0 Å². The van der Waals surface area contributed by atoms with Crippen LogP contribution in [0.2, 0.25) is 0 Å². The van der Waals surface area contributed by atoms with Crippen molar-refractivity contribution in [3.8, 4) is 0 Å². The smallest absolute Gasteiger partial charge is 0.274 e. The summed E-state index contributed by atoms with van der Waals surface area (Å²) < 4.78 is 7.19. The number of aryl methyl sites for hydroxylation is 2. The Bertz CT molecular complexity index is 796. The van der Waals surface area contributed by atoms with Crippen molar-refractivity contribution in [1.82, 2.24) is 19.6 Å². The molecule has 6 nitrogen and oxygen atoms in total. The first kappa shape index (κ1) is 20.1. The molecular formula is C23H32N4O2. The van der Waals surface area contributed by atoms with E-state index in [1.54, 1.807) is 4.68 Å². The Morgan fingerprint density at radius 3 is 2.34 bits per heavy atom. The minimum Gasteiger partial charge on any atom is -0.379 e. The number of carbonyl (C=O) groups excluding carboxylic acids is 1. The van der Waals surface area contributed by atoms with E-state index in [0.717, 1.165) is 70.9 Å². The Kier molecular flexibility index (Phi) is 6.31. The average Bonchev–Trinajstić information content (AvgIpc) is 3.09. The second-order valence-electron chi connectivity index (χ2n) is 8.44. The topological polar surface area (TPSA) is 50.6 Å². The number of piperidine rings is 1. The van der Waals surface area contributed by atoms with Gasteiger partial charge in [0.15, 0.2) is 5.69 Å². The van der Waals surface area contributed by atoms with E-state index in [2.05, 4.69) is 34.3 Å². The molecule has 3 heterocycles. The third-order valence-electron chi connectivity index (χ3n) is 6.29. The van der Waals surface area contributed by atoms with Gasteiger partial charge in [0.2, 0.25) is 0 Å². The van der Waals surface area contributed by atoms with E-state index in [1.165, 1.54) is 11.1 Å². The van der Waals surface area contributed by atoms with Crippen LogP contribution >= 0.6 is 0 Å². The third-order valence-corrected chi connectivity index (χ3v) is 6.29. The van der Waals surface area contributed by atoms with Crippen LogP contribution in [0.25, 0.3) is 0 Å². The Balaban J connectivity index is 1.25. The number of ether oxygens (including phenoxy) is 1. The van der Waals surface area contributed by atoms with E-state index in [-0.39, 0.29) is 5.91 Å². The average molecular weight is 397 g/mol. The first-order chi connectivity index (χ1) is 14.1. The molecule has 1 aromatic carbocycles. The van der Waals surface area contributed by atoms with Gasteiger partial charge >= 0.3 is 0 Å². The summed E-state index contributed by atoms with van der Waals surface area (Å²) >= 11 is 0. The largest absolute Gasteiger partial charge is 0.379 e. The van der Waals surface area contributed by atoms with E-state index in [1.807, 2.05) is 24.9 Å². The van der Waals surface area contributed by atoms with E-state index in [4.69, 9.17) is 4.74 Å². The SMILES string of the molecule is Cc1cc(C(=O)N2CCC(Cc3ccc(CN4CCOCC4)cc3)CC2)nn1C. The highest BCUT2D eigenvalue weighted by atomic mass is 16.5. The molecule has 1 aromatic heterocycles. The third kappa shape index (κ3) is 5.06. The van der Waals surface area contributed by atoms with Gasteiger partial charge in [-0.1, -0.05) is 24.3 Å². The fraction of sp³-hybridized carbons (Fsp3) is 0.565. The van der Waals surface area contributed by atoms with Crippen molar-refractivity contribution in [2.24, 2.45) is 13.0 Å². The molecule has 0 saturated carbocycles. The van der Waals surface area contributed by atoms with Gasteiger partial charge in [-0.15, -0.1) is 0 Å². The first-order valence-electron chi connectivity index (χ1n) is 10.8. The molecule has 0 bridgehead atoms. The van der Waals surface area contributed by atoms with Gasteiger partial charge in [0, 0.05) is 45.5 Å². The van der Waals surface area contributed by atoms with Gasteiger partial charge in [-0.2, -0.15) is 5.10 Å². The zero-order valence-electron chi connectivity index (χ0n) is 17.6. The number of hydrogen-bond donors (Lipinski definition) is 0. The maximum Gasteiger partial charge on any atom is 0.274 e. The van der Waals surface area contributed by atoms with Gasteiger partial charge in [-0.3, -0.25) is 14.4 Å². The monoisotopic (exact) mass is 396 g/mol. The van der Waals surface area contributed by atoms with Gasteiger partial charge in [0.25, 0.3) is 5.91 Å². The van der Waals surface area contributed by atoms with E-state index >= 15 is 0 Å². The van der Waals surface area contributed by atoms with Crippen molar-refractivity contribution in [3.05, 3.63) is 52.8 Å². The summed E-state index contributed by atoms with van der Waals surface area (Å²) in [5.74, 6) is 0.717. The summed E-state index contributed by atoms with van der Waals surface area (Å²) in [4.78, 5) is 17.1. The standard InChI is InChI=1S/C23H32N4O2/c1-18-15-22(24-25(18)2)23(28)27-9-7-20(8-10-27)16-19-3-5-21(6-4-19)17-26-11-13-29-14-12-26/h3-6,15,20H,7-14,16-17H2,1-2H3. The molecule has 2 aliphatic heterocycles. The number of amides is 1. The minimum absolute atomic E-state index is 0.0691. The van der Waals surface area contributed by atoms with Gasteiger partial charge in [-0.25, -0.2) is 0 Å². The number of aromatic nitrogens is 2. The Morgan fingerprint density at radius 1 is 1.07 bits per heavy atom. The summed E-state index contributed by atoms with van der Waals surface area (Å²) in [6, 6.07) is 11.0. The quantitative estimate of drug-likeness (QED) is 0.780. The molecule has 0 unspecified atom stereocenters. The Morgan fingerprint density at radius 2 is 1.72 bits per heavy atom. The molecule has 2 saturated heterocycles. The van der Waals surface area contributed by atoms with Crippen LogP contribution in [0.3, 0.4) is 0 Å². The van der Waals surface area contributed by atoms with Gasteiger partial charge in [0.1, 0.15) is 0 Å². The fourth-order valence-corrected chi connectivity index (χ4v) is 4.30. The Labute approximate surface area is 173 Å². The number of benzene rings is 1. The minimum atomic E-state index is 0.0691. The summed E-state index contributed by atoms with van der Waals surface area (Å²) in [7, 11) is 1.88. The van der Waals surface area contributed by atoms with Crippen LogP contribution in [0.15, 0.2) is 30.3 Å². The summed E-state index contributed by atoms with van der Waals surface area (Å²) in [6.07, 6.45) is 3.22. The molecular weight excluding hydrogens is 364 g/mol. The molecule has 2 aliphatic rings. The normalized spacial score (nSPS) is 18.9. The van der Waals surface area contributed by atoms with Crippen molar-refractivity contribution in [1.29, 1.82) is 0 Å². The molecule has 2 aromatic rings. The van der Waals surface area contributed by atoms with Gasteiger partial charge < -0.3 is 9.64 Å². The van der Waals surface area contributed by atoms with Crippen LogP contribution in [0.5, 0.6) is 0 Å². The number of likely N-dealkylation sites (tertiary alicyclic amines) is 1. The molecule has 29 heavy (non-hydrogen) atoms. The fourth-order valence-electron chi connectivity index (χ4n) is 4.30. The molecule has 2 fully saturated rings. The second-order valence-corrected chi connectivity index (χ2v) is 8.44. The van der Waals surface area contributed by atoms with Crippen molar-refractivity contribution in [3.63, 3.8) is 0 Å². The van der Waals surface area contributed by atoms with Crippen LogP contribution < -0.4 is 0 Å². The lowest BCUT2D eigenvalue weighted by atomic mass is 9.90. The molecule has 1 amide bonds. The van der Waals surface area contributed by atoms with Crippen molar-refractivity contribution in [2.45, 2.75) is 32.7 Å². The van der Waals surface area contributed by atoms with Gasteiger partial charge in [0.05, 0.1) is 13.2 Å². The lowest BCUT2D eigenvalue weighted by Crippen LogP contribution is -2.39. The maximum absolute atomic E-state index is 12.7. The van der Waals surface area contributed by atoms with Crippen molar-refractivity contribution < 1.29 is 9.53 Å². The van der Waals surface area contributed by atoms with Crippen LogP contribution in [0.1, 0.15) is 40.2 Å². The highest BCUT2D eigenvalue weighted by Crippen LogP contribution is 2.23. The second kappa shape index (κ2) is 9.09. The summed E-state index contributed by atoms with van der Waals surface area (Å²) in [5.41, 5.74) is 4.36. The number of rotatable bonds is 5. The van der Waals surface area contributed by atoms with Crippen LogP contribution in [-0.4, -0.2) is 64.9 Å². The maximum atomic E-state index is 12.7. The lowest BCUT2D eigenvalue weighted by molar-refractivity contribution is 0.0342. The first-order valence-corrected chi connectivity index (χ1v) is 10.8. The zero-order valence-corrected chi connectivity index (χ0v) is 17.6. The molecule has 6 heteroatoms. The molecule has 0 atom stereocenters. The van der Waals surface area contributed by atoms with Crippen molar-refractivity contribution in [2.75, 3.05) is 39.4 Å². The molecule has 0 N–H and O–H groups in total. The Hall–Kier alpha value is -2.18. The van der Waals surface area contributed by atoms with Crippen LogP contribution in [0, 0.1) is 12.8 Å². The molecule has 0 radical (unpaired) electrons. The van der Waals surface area contributed by atoms with Crippen LogP contribution in [-0.2, 0) is 24.8 Å². The van der Waals surface area contributed by atoms with Crippen LogP contribution in [0.4, 0.5) is 0 Å². The molecule has 156 valence electrons. The lowest BCUT2D eigenvalue weighted by Gasteiger charge is -2.31. The predicted molar refractivity (Wildman–Crippen MR) is 113 cm³/mol. The highest BCUT2D eigenvalue weighted by molar-refractivity contribution is 5.92. The summed E-state index contributed by atoms with van der Waals surface area (Å²) in [5, 5.41) is 4.34. The predicted octanol–water partition coefficient (Wildman–Crippen LogP) is 2.66. The number of nitrogens with zero attached hydrogens (tertiary/aromatic N) is 4. The number of carbonyl (C=O) groups is 1. The highest BCUT2D eigenvalue weighted by Gasteiger charge is 2.25. The number of morpholine rings is 1.